The molecule has 10 heteroatoms. The lowest BCUT2D eigenvalue weighted by atomic mass is 10.1. The van der Waals surface area contributed by atoms with E-state index in [1.54, 1.807) is 5.38 Å². The number of hydrogen-bond acceptors (Lipinski definition) is 5. The van der Waals surface area contributed by atoms with Crippen LogP contribution in [0, 0.1) is 5.92 Å². The maximum absolute atomic E-state index is 13.1. The summed E-state index contributed by atoms with van der Waals surface area (Å²) in [6.45, 7) is 0. The van der Waals surface area contributed by atoms with Crippen LogP contribution in [0.15, 0.2) is 5.38 Å². The molecule has 1 fully saturated rings. The second-order valence-electron chi connectivity index (χ2n) is 4.91. The maximum Gasteiger partial charge on any atom is 0.248 e. The number of amides is 1. The molecular formula is C12H9Cl2F2N3OS2. The molecule has 0 aromatic carbocycles. The van der Waals surface area contributed by atoms with Crippen LogP contribution in [0.2, 0.25) is 9.62 Å². The molecule has 0 radical (unpaired) electrons. The fraction of sp³-hybridized carbons (Fsp3) is 0.417. The summed E-state index contributed by atoms with van der Waals surface area (Å²) in [5.41, 5.74) is 0.548. The lowest BCUT2D eigenvalue weighted by Gasteiger charge is -2.09. The summed E-state index contributed by atoms with van der Waals surface area (Å²) < 4.78 is 26.6. The zero-order valence-corrected chi connectivity index (χ0v) is 14.1. The number of thiazole rings is 2. The van der Waals surface area contributed by atoms with Gasteiger partial charge < -0.3 is 5.32 Å². The quantitative estimate of drug-likeness (QED) is 0.815. The molecule has 0 spiro atoms. The first-order valence-corrected chi connectivity index (χ1v) is 8.76. The number of carbonyl (C=O) groups excluding carboxylic acids is 1. The number of aromatic nitrogens is 2. The molecule has 1 amide bonds. The highest BCUT2D eigenvalue weighted by atomic mass is 35.5. The maximum atomic E-state index is 13.1. The minimum atomic E-state index is -2.75. The second-order valence-corrected chi connectivity index (χ2v) is 7.71. The zero-order chi connectivity index (χ0) is 15.9. The Kier molecular flexibility index (Phi) is 4.37. The van der Waals surface area contributed by atoms with Crippen LogP contribution in [0.4, 0.5) is 13.9 Å². The van der Waals surface area contributed by atoms with Crippen LogP contribution < -0.4 is 5.32 Å². The van der Waals surface area contributed by atoms with Crippen molar-refractivity contribution >= 4 is 56.9 Å². The monoisotopic (exact) mass is 383 g/mol. The fourth-order valence-electron chi connectivity index (χ4n) is 2.25. The van der Waals surface area contributed by atoms with Gasteiger partial charge in [-0.05, 0) is 6.42 Å². The van der Waals surface area contributed by atoms with Gasteiger partial charge in [0.05, 0.1) is 10.6 Å². The van der Waals surface area contributed by atoms with Gasteiger partial charge >= 0.3 is 0 Å². The van der Waals surface area contributed by atoms with Crippen molar-refractivity contribution in [2.45, 2.75) is 25.2 Å². The van der Waals surface area contributed by atoms with E-state index < -0.39 is 24.2 Å². The van der Waals surface area contributed by atoms with Crippen molar-refractivity contribution in [2.75, 3.05) is 5.32 Å². The molecule has 1 aliphatic carbocycles. The van der Waals surface area contributed by atoms with E-state index in [4.69, 9.17) is 23.2 Å². The van der Waals surface area contributed by atoms with Crippen LogP contribution in [0.3, 0.4) is 0 Å². The number of rotatable bonds is 3. The molecule has 2 aromatic heterocycles. The van der Waals surface area contributed by atoms with Gasteiger partial charge in [-0.15, -0.1) is 11.3 Å². The summed E-state index contributed by atoms with van der Waals surface area (Å²) in [4.78, 5) is 20.7. The van der Waals surface area contributed by atoms with Gasteiger partial charge in [-0.1, -0.05) is 34.5 Å². The molecule has 1 unspecified atom stereocenters. The number of anilines is 1. The summed E-state index contributed by atoms with van der Waals surface area (Å²) in [6.07, 6.45) is -0.468. The highest BCUT2D eigenvalue weighted by molar-refractivity contribution is 7.20. The highest BCUT2D eigenvalue weighted by Crippen LogP contribution is 2.40. The third kappa shape index (κ3) is 3.40. The fourth-order valence-corrected chi connectivity index (χ4v) is 4.38. The summed E-state index contributed by atoms with van der Waals surface area (Å²) in [6, 6.07) is 0. The summed E-state index contributed by atoms with van der Waals surface area (Å²) >= 11 is 14.1. The number of nitrogens with zero attached hydrogens (tertiary/aromatic N) is 2. The molecule has 1 N–H and O–H groups in total. The molecule has 0 aliphatic heterocycles. The van der Waals surface area contributed by atoms with Gasteiger partial charge in [0.15, 0.2) is 14.8 Å². The van der Waals surface area contributed by atoms with Crippen molar-refractivity contribution in [2.24, 2.45) is 5.92 Å². The predicted octanol–water partition coefficient (Wildman–Crippen LogP) is 4.95. The number of hydrogen-bond donors (Lipinski definition) is 1. The van der Waals surface area contributed by atoms with Crippen molar-refractivity contribution in [1.82, 2.24) is 9.97 Å². The molecule has 1 atom stereocenters. The predicted molar refractivity (Wildman–Crippen MR) is 84.2 cm³/mol. The normalized spacial score (nSPS) is 20.3. The van der Waals surface area contributed by atoms with Crippen LogP contribution >= 0.6 is 45.9 Å². The Labute approximate surface area is 142 Å². The zero-order valence-electron chi connectivity index (χ0n) is 10.9. The van der Waals surface area contributed by atoms with E-state index >= 15 is 0 Å². The van der Waals surface area contributed by atoms with Crippen LogP contribution in [0.5, 0.6) is 0 Å². The minimum Gasteiger partial charge on any atom is -0.302 e. The summed E-state index contributed by atoms with van der Waals surface area (Å²) in [5.74, 6) is -3.85. The standard InChI is InChI=1S/C12H9Cl2F2N3OS2/c13-8-7(22-10(14)18-8)6-4-21-11(17-6)19-9(20)5-1-2-12(15,16)3-5/h4-5H,1-3H2,(H,17,19,20). The first kappa shape index (κ1) is 16.0. The van der Waals surface area contributed by atoms with E-state index in [-0.39, 0.29) is 18.0 Å². The van der Waals surface area contributed by atoms with E-state index in [1.807, 2.05) is 0 Å². The number of carbonyl (C=O) groups is 1. The Balaban J connectivity index is 1.70. The van der Waals surface area contributed by atoms with Gasteiger partial charge in [-0.2, -0.15) is 0 Å². The Morgan fingerprint density at radius 3 is 2.77 bits per heavy atom. The van der Waals surface area contributed by atoms with Crippen molar-refractivity contribution in [1.29, 1.82) is 0 Å². The second kappa shape index (κ2) is 5.99. The smallest absolute Gasteiger partial charge is 0.248 e. The average Bonchev–Trinajstić information content (AvgIpc) is 3.09. The van der Waals surface area contributed by atoms with Crippen LogP contribution in [0.1, 0.15) is 19.3 Å². The van der Waals surface area contributed by atoms with Crippen LogP contribution in [0.25, 0.3) is 10.6 Å². The van der Waals surface area contributed by atoms with Crippen molar-refractivity contribution in [3.63, 3.8) is 0 Å². The Bertz CT molecular complexity index is 719. The molecule has 118 valence electrons. The topological polar surface area (TPSA) is 54.9 Å². The number of halogens is 4. The molecule has 2 heterocycles. The van der Waals surface area contributed by atoms with Gasteiger partial charge in [0.1, 0.15) is 0 Å². The Morgan fingerprint density at radius 2 is 2.18 bits per heavy atom. The van der Waals surface area contributed by atoms with Gasteiger partial charge in [-0.3, -0.25) is 4.79 Å². The molecule has 3 rings (SSSR count). The average molecular weight is 384 g/mol. The third-order valence-corrected chi connectivity index (χ3v) is 5.63. The number of alkyl halides is 2. The SMILES string of the molecule is O=C(Nc1nc(-c2sc(Cl)nc2Cl)cs1)C1CCC(F)(F)C1. The Hall–Kier alpha value is -0.830. The first-order chi connectivity index (χ1) is 10.3. The lowest BCUT2D eigenvalue weighted by molar-refractivity contribution is -0.120. The summed E-state index contributed by atoms with van der Waals surface area (Å²) in [5, 5.41) is 4.87. The van der Waals surface area contributed by atoms with Crippen LogP contribution in [-0.4, -0.2) is 21.8 Å². The first-order valence-electron chi connectivity index (χ1n) is 6.30. The number of nitrogens with one attached hydrogen (secondary N) is 1. The van der Waals surface area contributed by atoms with E-state index in [2.05, 4.69) is 15.3 Å². The molecule has 4 nitrogen and oxygen atoms in total. The van der Waals surface area contributed by atoms with E-state index in [1.165, 1.54) is 22.7 Å². The highest BCUT2D eigenvalue weighted by Gasteiger charge is 2.42. The van der Waals surface area contributed by atoms with E-state index in [9.17, 15) is 13.6 Å². The molecular weight excluding hydrogens is 375 g/mol. The molecule has 1 aliphatic rings. The third-order valence-electron chi connectivity index (χ3n) is 3.30. The van der Waals surface area contributed by atoms with E-state index in [0.717, 1.165) is 0 Å². The van der Waals surface area contributed by atoms with Crippen LogP contribution in [-0.2, 0) is 4.79 Å². The largest absolute Gasteiger partial charge is 0.302 e. The van der Waals surface area contributed by atoms with Crippen molar-refractivity contribution < 1.29 is 13.6 Å². The lowest BCUT2D eigenvalue weighted by Crippen LogP contribution is -2.22. The van der Waals surface area contributed by atoms with Crippen molar-refractivity contribution in [3.8, 4) is 10.6 Å². The van der Waals surface area contributed by atoms with Crippen molar-refractivity contribution in [3.05, 3.63) is 15.0 Å². The summed E-state index contributed by atoms with van der Waals surface area (Å²) in [7, 11) is 0. The Morgan fingerprint density at radius 1 is 1.41 bits per heavy atom. The minimum absolute atomic E-state index is 0.188. The molecule has 0 saturated heterocycles. The van der Waals surface area contributed by atoms with Gasteiger partial charge in [0.25, 0.3) is 0 Å². The van der Waals surface area contributed by atoms with Gasteiger partial charge in [-0.25, -0.2) is 18.7 Å². The van der Waals surface area contributed by atoms with E-state index in [0.29, 0.717) is 20.2 Å². The molecule has 1 saturated carbocycles. The van der Waals surface area contributed by atoms with Gasteiger partial charge in [0, 0.05) is 24.1 Å². The molecule has 0 bridgehead atoms. The molecule has 22 heavy (non-hydrogen) atoms. The molecule has 2 aromatic rings. The van der Waals surface area contributed by atoms with Gasteiger partial charge in [0.2, 0.25) is 11.8 Å².